The zero-order valence-corrected chi connectivity index (χ0v) is 39.9. The molecule has 0 bridgehead atoms. The molecule has 10 aromatic rings. The fourth-order valence-corrected chi connectivity index (χ4v) is 13.7. The Morgan fingerprint density at radius 1 is 0.303 bits per heavy atom. The number of fused-ring (bicyclic) bond motifs is 10. The van der Waals surface area contributed by atoms with E-state index < -0.39 is 0 Å². The lowest BCUT2D eigenvalue weighted by molar-refractivity contribution is 0.590. The molecule has 0 fully saturated rings. The molecule has 14 rings (SSSR count). The maximum absolute atomic E-state index is 2.69. The van der Waals surface area contributed by atoms with Gasteiger partial charge in [0.05, 0.1) is 0 Å². The highest BCUT2D eigenvalue weighted by atomic mass is 14.4. The highest BCUT2D eigenvalue weighted by Crippen LogP contribution is 2.52. The van der Waals surface area contributed by atoms with Crippen LogP contribution in [0.4, 0.5) is 0 Å². The van der Waals surface area contributed by atoms with Crippen molar-refractivity contribution >= 4 is 78.5 Å². The van der Waals surface area contributed by atoms with E-state index in [4.69, 9.17) is 0 Å². The predicted molar refractivity (Wildman–Crippen MR) is 288 cm³/mol. The standard InChI is InChI=1S/C64H52B2/c1-33-17-15-18-34(2)55(33)41-29-43-49-27-37(63(5,6)7)25-47-39-21-12-14-24-52(39)66(61(47)49)54-32-46-42(56-35(3)19-16-20-36(56)4)30-44-50-28-38(64(8,9)10)26-48-40-22-11-13-23-51(40)65(62(48)50)53-31-45(41)59(57(43)54)60(46)58(44)53/h11-32H,1-10H3. The Morgan fingerprint density at radius 3 is 1.02 bits per heavy atom. The summed E-state index contributed by atoms with van der Waals surface area (Å²) in [5, 5.41) is 8.52. The van der Waals surface area contributed by atoms with E-state index in [1.54, 1.807) is 0 Å². The van der Waals surface area contributed by atoms with Crippen LogP contribution in [0, 0.1) is 27.7 Å². The average Bonchev–Trinajstić information content (AvgIpc) is 3.80. The van der Waals surface area contributed by atoms with Crippen LogP contribution >= 0.6 is 0 Å². The van der Waals surface area contributed by atoms with Crippen LogP contribution in [0.5, 0.6) is 0 Å². The van der Waals surface area contributed by atoms with Crippen molar-refractivity contribution in [1.29, 1.82) is 0 Å². The molecular weight excluding hydrogens is 790 g/mol. The zero-order valence-electron chi connectivity index (χ0n) is 39.9. The second kappa shape index (κ2) is 12.6. The molecule has 0 radical (unpaired) electrons. The third-order valence-electron chi connectivity index (χ3n) is 16.7. The van der Waals surface area contributed by atoms with Gasteiger partial charge in [-0.1, -0.05) is 196 Å². The van der Waals surface area contributed by atoms with Crippen molar-refractivity contribution in [2.24, 2.45) is 0 Å². The van der Waals surface area contributed by atoms with Crippen LogP contribution in [0.15, 0.2) is 133 Å². The minimum absolute atomic E-state index is 0.0190. The molecule has 10 aromatic carbocycles. The van der Waals surface area contributed by atoms with E-state index in [2.05, 4.69) is 203 Å². The molecular formula is C64H52B2. The Hall–Kier alpha value is -6.63. The topological polar surface area (TPSA) is 0 Å². The van der Waals surface area contributed by atoms with Crippen LogP contribution in [0.3, 0.4) is 0 Å². The van der Waals surface area contributed by atoms with E-state index in [0.29, 0.717) is 0 Å². The summed E-state index contributed by atoms with van der Waals surface area (Å²) in [6.45, 7) is 23.9. The monoisotopic (exact) mass is 842 g/mol. The molecule has 0 amide bonds. The summed E-state index contributed by atoms with van der Waals surface area (Å²) in [6, 6.07) is 53.4. The fraction of sp³-hybridized carbons (Fsp3) is 0.188. The van der Waals surface area contributed by atoms with Gasteiger partial charge < -0.3 is 0 Å². The van der Waals surface area contributed by atoms with Crippen LogP contribution < -0.4 is 32.8 Å². The van der Waals surface area contributed by atoms with Gasteiger partial charge in [0, 0.05) is 0 Å². The van der Waals surface area contributed by atoms with Crippen molar-refractivity contribution in [3.8, 4) is 66.8 Å². The minimum atomic E-state index is -0.0190. The van der Waals surface area contributed by atoms with Gasteiger partial charge in [-0.15, -0.1) is 0 Å². The van der Waals surface area contributed by atoms with Crippen LogP contribution in [-0.4, -0.2) is 13.4 Å². The molecule has 4 aliphatic rings. The summed E-state index contributed by atoms with van der Waals surface area (Å²) in [4.78, 5) is 0. The Morgan fingerprint density at radius 2 is 0.652 bits per heavy atom. The first-order valence-corrected chi connectivity index (χ1v) is 24.2. The molecule has 0 spiro atoms. The van der Waals surface area contributed by atoms with Gasteiger partial charge in [-0.05, 0) is 183 Å². The number of benzene rings is 10. The van der Waals surface area contributed by atoms with Crippen LogP contribution in [0.25, 0.3) is 99.1 Å². The predicted octanol–water partition coefficient (Wildman–Crippen LogP) is 12.7. The molecule has 2 heteroatoms. The molecule has 4 heterocycles. The van der Waals surface area contributed by atoms with E-state index in [0.717, 1.165) is 0 Å². The first kappa shape index (κ1) is 38.6. The van der Waals surface area contributed by atoms with Crippen molar-refractivity contribution < 1.29 is 0 Å². The zero-order chi connectivity index (χ0) is 45.0. The van der Waals surface area contributed by atoms with Crippen molar-refractivity contribution in [3.05, 3.63) is 167 Å². The molecule has 66 heavy (non-hydrogen) atoms. The SMILES string of the molecule is Cc1cccc(C)c1-c1cc2c3c(cc4c(-c5c(C)cccc5C)cc5c6c(cc1c3c46)B1c3ccccc3-c3cc(C(C)(C)C)cc-5c31)B1c3ccccc3-c3cc(C(C)(C)C)cc-2c31. The Labute approximate surface area is 390 Å². The van der Waals surface area contributed by atoms with Gasteiger partial charge in [-0.25, -0.2) is 0 Å². The lowest BCUT2D eigenvalue weighted by atomic mass is 9.34. The lowest BCUT2D eigenvalue weighted by Gasteiger charge is -2.34. The Balaban J connectivity index is 1.27. The molecule has 0 aliphatic carbocycles. The van der Waals surface area contributed by atoms with Gasteiger partial charge in [0.25, 0.3) is 0 Å². The van der Waals surface area contributed by atoms with Gasteiger partial charge in [0.1, 0.15) is 0 Å². The fourth-order valence-electron chi connectivity index (χ4n) is 13.7. The molecule has 0 aromatic heterocycles. The maximum Gasteiger partial charge on any atom is 0.244 e. The van der Waals surface area contributed by atoms with Crippen LogP contribution in [0.2, 0.25) is 0 Å². The van der Waals surface area contributed by atoms with Gasteiger partial charge in [-0.2, -0.15) is 0 Å². The van der Waals surface area contributed by atoms with Crippen molar-refractivity contribution in [1.82, 2.24) is 0 Å². The third kappa shape index (κ3) is 4.78. The summed E-state index contributed by atoms with van der Waals surface area (Å²) in [6.07, 6.45) is 0. The van der Waals surface area contributed by atoms with Crippen molar-refractivity contribution in [2.45, 2.75) is 80.1 Å². The molecule has 0 N–H and O–H groups in total. The van der Waals surface area contributed by atoms with E-state index in [-0.39, 0.29) is 24.3 Å². The van der Waals surface area contributed by atoms with Crippen LogP contribution in [-0.2, 0) is 10.8 Å². The van der Waals surface area contributed by atoms with E-state index in [1.807, 2.05) is 0 Å². The summed E-state index contributed by atoms with van der Waals surface area (Å²) < 4.78 is 0. The van der Waals surface area contributed by atoms with Crippen molar-refractivity contribution in [3.63, 3.8) is 0 Å². The van der Waals surface area contributed by atoms with Gasteiger partial charge in [-0.3, -0.25) is 0 Å². The first-order chi connectivity index (χ1) is 31.7. The summed E-state index contributed by atoms with van der Waals surface area (Å²) in [5.41, 5.74) is 33.4. The number of hydrogen-bond donors (Lipinski definition) is 0. The molecule has 0 nitrogen and oxygen atoms in total. The highest BCUT2D eigenvalue weighted by Gasteiger charge is 2.45. The molecule has 314 valence electrons. The highest BCUT2D eigenvalue weighted by molar-refractivity contribution is 7.03. The molecule has 0 unspecified atom stereocenters. The normalized spacial score (nSPS) is 13.8. The van der Waals surface area contributed by atoms with Gasteiger partial charge >= 0.3 is 0 Å². The summed E-state index contributed by atoms with van der Waals surface area (Å²) >= 11 is 0. The second-order valence-electron chi connectivity index (χ2n) is 22.5. The molecule has 4 aliphatic heterocycles. The van der Waals surface area contributed by atoms with Crippen LogP contribution in [0.1, 0.15) is 74.9 Å². The maximum atomic E-state index is 2.69. The second-order valence-corrected chi connectivity index (χ2v) is 22.5. The van der Waals surface area contributed by atoms with E-state index in [1.165, 1.54) is 165 Å². The number of aryl methyl sites for hydroxylation is 4. The van der Waals surface area contributed by atoms with Gasteiger partial charge in [0.15, 0.2) is 0 Å². The average molecular weight is 843 g/mol. The largest absolute Gasteiger partial charge is 0.244 e. The Bertz CT molecular complexity index is 3590. The first-order valence-electron chi connectivity index (χ1n) is 24.2. The minimum Gasteiger partial charge on any atom is -0.0664 e. The third-order valence-corrected chi connectivity index (χ3v) is 16.7. The number of rotatable bonds is 2. The summed E-state index contributed by atoms with van der Waals surface area (Å²) in [7, 11) is 0. The number of hydrogen-bond acceptors (Lipinski definition) is 0. The molecule has 0 saturated heterocycles. The molecule has 0 atom stereocenters. The molecule has 0 saturated carbocycles. The van der Waals surface area contributed by atoms with Gasteiger partial charge in [0.2, 0.25) is 13.4 Å². The Kier molecular flexibility index (Phi) is 7.39. The summed E-state index contributed by atoms with van der Waals surface area (Å²) in [5.74, 6) is 0. The van der Waals surface area contributed by atoms with E-state index >= 15 is 0 Å². The van der Waals surface area contributed by atoms with Crippen molar-refractivity contribution in [2.75, 3.05) is 0 Å². The lowest BCUT2D eigenvalue weighted by Crippen LogP contribution is -2.53. The smallest absolute Gasteiger partial charge is 0.0664 e. The quantitative estimate of drug-likeness (QED) is 0.120. The van der Waals surface area contributed by atoms with E-state index in [9.17, 15) is 0 Å².